The number of phosphoric ester groups is 2. The van der Waals surface area contributed by atoms with Crippen LogP contribution >= 0.6 is 15.6 Å². The Morgan fingerprint density at radius 2 is 0.500 bits per heavy atom. The maximum absolute atomic E-state index is 12.6. The van der Waals surface area contributed by atoms with Crippen LogP contribution in [-0.4, -0.2) is 82.3 Å². The Labute approximate surface area is 626 Å². The van der Waals surface area contributed by atoms with Crippen LogP contribution < -0.4 is 15.5 Å². The molecular weight excluding hydrogens is 1330 g/mol. The SMILES string of the molecule is CCCCCCCC/C=C\CCCCCCCC(=O)OC[C@H](COP(=O)([O-])OCC[NH3+])OC(=O)CCCCCCC/C=C\CCCCCCCC.CCCCCCCCCCCCCCCCCC(=O)OC[C@H](COP(=O)([O-])OCCC)OC(=O)CCCCCCCCCCCCCCCCC. The van der Waals surface area contributed by atoms with Gasteiger partial charge in [0.1, 0.15) is 19.8 Å². The van der Waals surface area contributed by atoms with E-state index in [1.165, 1.54) is 244 Å². The number of rotatable bonds is 80. The molecule has 0 aromatic carbocycles. The summed E-state index contributed by atoms with van der Waals surface area (Å²) in [6.45, 7) is 9.55. The average molecular weight is 1490 g/mol. The molecule has 3 N–H and O–H groups in total. The van der Waals surface area contributed by atoms with E-state index in [2.05, 4.69) is 57.7 Å². The summed E-state index contributed by atoms with van der Waals surface area (Å²) in [5, 5.41) is 0. The predicted octanol–water partition coefficient (Wildman–Crippen LogP) is 23.1. The fraction of sp³-hybridized carbons (Fsp3) is 0.904. The minimum atomic E-state index is -4.58. The summed E-state index contributed by atoms with van der Waals surface area (Å²) in [4.78, 5) is 73.9. The molecule has 17 nitrogen and oxygen atoms in total. The first-order valence-corrected chi connectivity index (χ1v) is 45.6. The number of hydrogen-bond acceptors (Lipinski definition) is 16. The second kappa shape index (κ2) is 81.1. The Kier molecular flexibility index (Phi) is 80.7. The van der Waals surface area contributed by atoms with Gasteiger partial charge in [-0.2, -0.15) is 0 Å². The summed E-state index contributed by atoms with van der Waals surface area (Å²) in [6, 6.07) is 0. The van der Waals surface area contributed by atoms with Crippen LogP contribution in [0.5, 0.6) is 0 Å². The molecule has 0 saturated carbocycles. The number of ether oxygens (including phenoxy) is 4. The van der Waals surface area contributed by atoms with Gasteiger partial charge in [0, 0.05) is 25.7 Å². The highest BCUT2D eigenvalue weighted by Crippen LogP contribution is 2.39. The fourth-order valence-electron chi connectivity index (χ4n) is 12.0. The highest BCUT2D eigenvalue weighted by Gasteiger charge is 2.23. The van der Waals surface area contributed by atoms with Crippen LogP contribution in [0, 0.1) is 0 Å². The van der Waals surface area contributed by atoms with Crippen molar-refractivity contribution >= 4 is 39.5 Å². The summed E-state index contributed by atoms with van der Waals surface area (Å²) in [6.07, 6.45) is 76.6. The molecule has 604 valence electrons. The number of unbranched alkanes of at least 4 members (excludes halogenated alkanes) is 50. The van der Waals surface area contributed by atoms with Crippen molar-refractivity contribution in [2.45, 2.75) is 438 Å². The van der Waals surface area contributed by atoms with E-state index in [1.54, 1.807) is 6.92 Å². The topological polar surface area (TPSA) is 250 Å². The van der Waals surface area contributed by atoms with Crippen LogP contribution in [-0.2, 0) is 65.4 Å². The van der Waals surface area contributed by atoms with Crippen LogP contribution in [0.15, 0.2) is 24.3 Å². The summed E-state index contributed by atoms with van der Waals surface area (Å²) in [7, 11) is -9.12. The summed E-state index contributed by atoms with van der Waals surface area (Å²) < 4.78 is 65.1. The maximum Gasteiger partial charge on any atom is 0.306 e. The molecule has 0 aliphatic carbocycles. The molecule has 0 radical (unpaired) electrons. The molecular formula is C83H160NO16P2-. The van der Waals surface area contributed by atoms with Gasteiger partial charge in [-0.05, 0) is 83.5 Å². The van der Waals surface area contributed by atoms with Crippen molar-refractivity contribution in [3.63, 3.8) is 0 Å². The molecule has 0 aliphatic heterocycles. The minimum absolute atomic E-state index is 0.0126. The van der Waals surface area contributed by atoms with E-state index < -0.39 is 59.0 Å². The van der Waals surface area contributed by atoms with E-state index in [-0.39, 0.29) is 58.2 Å². The molecule has 0 heterocycles. The Hall–Kier alpha value is -2.46. The first-order valence-electron chi connectivity index (χ1n) is 42.7. The molecule has 0 saturated heterocycles. The third kappa shape index (κ3) is 81.6. The molecule has 0 bridgehead atoms. The van der Waals surface area contributed by atoms with Crippen LogP contribution in [0.25, 0.3) is 0 Å². The number of carbonyl (C=O) groups excluding carboxylic acids is 4. The molecule has 0 spiro atoms. The lowest BCUT2D eigenvalue weighted by molar-refractivity contribution is -0.373. The van der Waals surface area contributed by atoms with Crippen molar-refractivity contribution in [2.75, 3.05) is 46.2 Å². The Morgan fingerprint density at radius 3 is 0.735 bits per heavy atom. The Balaban J connectivity index is 0. The van der Waals surface area contributed by atoms with Crippen molar-refractivity contribution in [3.05, 3.63) is 24.3 Å². The lowest BCUT2D eigenvalue weighted by Crippen LogP contribution is -2.52. The monoisotopic (exact) mass is 1490 g/mol. The van der Waals surface area contributed by atoms with Gasteiger partial charge >= 0.3 is 23.9 Å². The van der Waals surface area contributed by atoms with Crippen LogP contribution in [0.2, 0.25) is 0 Å². The standard InChI is InChI=1S/C42H83O8P.C41H78NO8P/c1-4-7-9-11-13-15-17-19-21-23-25-27-29-31-33-35-41(43)47-38-40(39-49-51(45,46)48-37-6-3)50-42(44)36-34-32-30-28-26-24-22-20-18-16-14-12-10-8-5-2;1-3-5-7-9-11-13-15-17-19-21-23-25-27-29-31-33-40(43)47-37-39(38-49-51(45,46)48-36-35-42)50-41(44)34-32-30-28-26-24-22-20-18-16-14-12-10-8-6-4-2/h40H,4-39H2,1-3H3,(H,45,46);17-20,39H,3-16,21-38,42H2,1-2H3,(H,45,46)/p-1/b;19-17-,20-18-/t40-;39-/m11/s1. The number of hydrogen-bond donors (Lipinski definition) is 1. The lowest BCUT2D eigenvalue weighted by Gasteiger charge is -2.25. The third-order valence-electron chi connectivity index (χ3n) is 18.4. The average Bonchev–Trinajstić information content (AvgIpc) is 0.947. The summed E-state index contributed by atoms with van der Waals surface area (Å²) in [5.41, 5.74) is 3.55. The smallest absolute Gasteiger partial charge is 0.306 e. The first-order chi connectivity index (χ1) is 49.7. The van der Waals surface area contributed by atoms with Crippen molar-refractivity contribution in [3.8, 4) is 0 Å². The van der Waals surface area contributed by atoms with Gasteiger partial charge in [-0.3, -0.25) is 28.3 Å². The van der Waals surface area contributed by atoms with Gasteiger partial charge in [0.2, 0.25) is 0 Å². The molecule has 4 atom stereocenters. The quantitative estimate of drug-likeness (QED) is 0.0195. The van der Waals surface area contributed by atoms with E-state index in [0.717, 1.165) is 103 Å². The molecule has 0 aliphatic rings. The molecule has 102 heavy (non-hydrogen) atoms. The molecule has 19 heteroatoms. The normalized spacial score (nSPS) is 13.4. The number of carbonyl (C=O) groups is 4. The van der Waals surface area contributed by atoms with Gasteiger partial charge in [0.05, 0.1) is 26.4 Å². The molecule has 0 aromatic heterocycles. The van der Waals surface area contributed by atoms with E-state index in [1.807, 2.05) is 0 Å². The fourth-order valence-corrected chi connectivity index (χ4v) is 13.6. The zero-order valence-corrected chi connectivity index (χ0v) is 68.5. The van der Waals surface area contributed by atoms with Gasteiger partial charge < -0.3 is 52.6 Å². The lowest BCUT2D eigenvalue weighted by atomic mass is 10.0. The first kappa shape index (κ1) is 102. The van der Waals surface area contributed by atoms with Crippen molar-refractivity contribution in [1.29, 1.82) is 0 Å². The second-order valence-corrected chi connectivity index (χ2v) is 31.5. The maximum atomic E-state index is 12.6. The second-order valence-electron chi connectivity index (χ2n) is 28.7. The number of esters is 4. The van der Waals surface area contributed by atoms with Crippen molar-refractivity contribution < 1.29 is 80.9 Å². The Bertz CT molecular complexity index is 1980. The van der Waals surface area contributed by atoms with Gasteiger partial charge in [-0.25, -0.2) is 0 Å². The van der Waals surface area contributed by atoms with Gasteiger partial charge in [-0.1, -0.05) is 341 Å². The van der Waals surface area contributed by atoms with E-state index >= 15 is 0 Å². The predicted molar refractivity (Wildman–Crippen MR) is 417 cm³/mol. The summed E-state index contributed by atoms with van der Waals surface area (Å²) in [5.74, 6) is -1.67. The molecule has 0 aromatic rings. The number of quaternary nitrogens is 1. The van der Waals surface area contributed by atoms with Crippen LogP contribution in [0.1, 0.15) is 426 Å². The third-order valence-corrected chi connectivity index (χ3v) is 20.3. The minimum Gasteiger partial charge on any atom is -0.756 e. The number of allylic oxidation sites excluding steroid dienone is 4. The molecule has 0 amide bonds. The van der Waals surface area contributed by atoms with E-state index in [4.69, 9.17) is 37.0 Å². The van der Waals surface area contributed by atoms with Gasteiger partial charge in [-0.15, -0.1) is 0 Å². The Morgan fingerprint density at radius 1 is 0.284 bits per heavy atom. The zero-order chi connectivity index (χ0) is 75.0. The zero-order valence-electron chi connectivity index (χ0n) is 66.7. The highest BCUT2D eigenvalue weighted by atomic mass is 31.2. The van der Waals surface area contributed by atoms with Gasteiger partial charge in [0.15, 0.2) is 12.2 Å². The molecule has 2 unspecified atom stereocenters. The van der Waals surface area contributed by atoms with Crippen molar-refractivity contribution in [2.24, 2.45) is 0 Å². The van der Waals surface area contributed by atoms with Crippen LogP contribution in [0.4, 0.5) is 0 Å². The van der Waals surface area contributed by atoms with Gasteiger partial charge in [0.25, 0.3) is 15.6 Å². The summed E-state index contributed by atoms with van der Waals surface area (Å²) >= 11 is 0. The highest BCUT2D eigenvalue weighted by molar-refractivity contribution is 7.46. The van der Waals surface area contributed by atoms with E-state index in [0.29, 0.717) is 25.7 Å². The molecule has 0 rings (SSSR count). The van der Waals surface area contributed by atoms with E-state index in [9.17, 15) is 38.1 Å². The van der Waals surface area contributed by atoms with Crippen LogP contribution in [0.3, 0.4) is 0 Å². The van der Waals surface area contributed by atoms with Crippen molar-refractivity contribution in [1.82, 2.24) is 0 Å². The molecule has 0 fully saturated rings. The number of phosphoric acid groups is 2. The largest absolute Gasteiger partial charge is 0.756 e.